The maximum absolute atomic E-state index is 14.0. The lowest BCUT2D eigenvalue weighted by Crippen LogP contribution is -2.42. The molecule has 10 heteroatoms. The van der Waals surface area contributed by atoms with Gasteiger partial charge in [-0.25, -0.2) is 0 Å². The number of anilines is 1. The zero-order valence-corrected chi connectivity index (χ0v) is 16.4. The van der Waals surface area contributed by atoms with E-state index in [9.17, 15) is 18.0 Å². The summed E-state index contributed by atoms with van der Waals surface area (Å²) in [6.07, 6.45) is -3.93. The Hall–Kier alpha value is -1.93. The van der Waals surface area contributed by atoms with Gasteiger partial charge in [0.15, 0.2) is 0 Å². The Morgan fingerprint density at radius 3 is 2.32 bits per heavy atom. The van der Waals surface area contributed by atoms with Crippen molar-refractivity contribution >= 4 is 52.1 Å². The molecule has 1 atom stereocenters. The highest BCUT2D eigenvalue weighted by Gasteiger charge is 2.59. The van der Waals surface area contributed by atoms with E-state index in [0.29, 0.717) is 5.56 Å². The summed E-state index contributed by atoms with van der Waals surface area (Å²) in [7, 11) is 0. The first kappa shape index (κ1) is 20.8. The Labute approximate surface area is 173 Å². The molecule has 2 N–H and O–H groups in total. The molecule has 2 aromatic rings. The maximum Gasteiger partial charge on any atom is 0.428 e. The van der Waals surface area contributed by atoms with Crippen molar-refractivity contribution in [1.82, 2.24) is 5.48 Å². The smallest absolute Gasteiger partial charge is 0.325 e. The molecule has 0 fully saturated rings. The molecule has 0 saturated carbocycles. The Morgan fingerprint density at radius 1 is 1.11 bits per heavy atom. The summed E-state index contributed by atoms with van der Waals surface area (Å²) in [5, 5.41) is 2.82. The van der Waals surface area contributed by atoms with Crippen LogP contribution in [0.4, 0.5) is 18.9 Å². The first-order chi connectivity index (χ1) is 13.0. The number of carbonyl (C=O) groups is 1. The van der Waals surface area contributed by atoms with Crippen molar-refractivity contribution in [2.45, 2.75) is 18.7 Å². The summed E-state index contributed by atoms with van der Waals surface area (Å²) < 4.78 is 42.0. The van der Waals surface area contributed by atoms with Crippen LogP contribution in [-0.2, 0) is 15.2 Å². The lowest BCUT2D eigenvalue weighted by atomic mass is 9.91. The number of hydrogen-bond acceptors (Lipinski definition) is 3. The van der Waals surface area contributed by atoms with E-state index in [1.807, 2.05) is 0 Å². The van der Waals surface area contributed by atoms with Crippen molar-refractivity contribution in [3.05, 3.63) is 68.7 Å². The Balaban J connectivity index is 2.11. The molecule has 2 aromatic carbocycles. The van der Waals surface area contributed by atoms with Gasteiger partial charge in [0.25, 0.3) is 0 Å². The van der Waals surface area contributed by atoms with Crippen molar-refractivity contribution in [2.24, 2.45) is 0 Å². The van der Waals surface area contributed by atoms with E-state index < -0.39 is 11.8 Å². The largest absolute Gasteiger partial charge is 0.428 e. The molecule has 3 rings (SSSR count). The molecule has 4 nitrogen and oxygen atoms in total. The molecule has 0 bridgehead atoms. The van der Waals surface area contributed by atoms with Gasteiger partial charge in [-0.15, -0.1) is 0 Å². The first-order valence-electron chi connectivity index (χ1n) is 7.79. The van der Waals surface area contributed by atoms with Crippen LogP contribution in [-0.4, -0.2) is 12.1 Å². The molecule has 0 saturated heterocycles. The Kier molecular flexibility index (Phi) is 5.55. The van der Waals surface area contributed by atoms with Crippen molar-refractivity contribution in [3.8, 4) is 0 Å². The van der Waals surface area contributed by atoms with Crippen LogP contribution in [0, 0.1) is 0 Å². The number of hydroxylamine groups is 1. The van der Waals surface area contributed by atoms with Crippen LogP contribution in [0.25, 0.3) is 5.70 Å². The highest BCUT2D eigenvalue weighted by molar-refractivity contribution is 6.34. The minimum atomic E-state index is -4.82. The Bertz CT molecular complexity index is 959. The van der Waals surface area contributed by atoms with Gasteiger partial charge in [-0.05, 0) is 36.4 Å². The third-order valence-corrected chi connectivity index (χ3v) is 4.74. The summed E-state index contributed by atoms with van der Waals surface area (Å²) >= 11 is 17.8. The number of alkyl halides is 3. The summed E-state index contributed by atoms with van der Waals surface area (Å²) in [5.41, 5.74) is -0.156. The number of halogens is 6. The highest BCUT2D eigenvalue weighted by Crippen LogP contribution is 2.48. The van der Waals surface area contributed by atoms with E-state index in [0.717, 1.165) is 18.2 Å². The van der Waals surface area contributed by atoms with E-state index in [4.69, 9.17) is 39.6 Å². The lowest BCUT2D eigenvalue weighted by molar-refractivity contribution is -0.269. The van der Waals surface area contributed by atoms with Crippen LogP contribution >= 0.6 is 34.8 Å². The number of carbonyl (C=O) groups excluding carboxylic acids is 1. The second-order valence-electron chi connectivity index (χ2n) is 6.03. The second kappa shape index (κ2) is 7.48. The molecule has 1 heterocycles. The summed E-state index contributed by atoms with van der Waals surface area (Å²) in [5.74, 6) is -0.373. The van der Waals surface area contributed by atoms with Gasteiger partial charge in [0.2, 0.25) is 11.5 Å². The average Bonchev–Trinajstić information content (AvgIpc) is 3.02. The van der Waals surface area contributed by atoms with Crippen molar-refractivity contribution in [2.75, 3.05) is 5.32 Å². The molecule has 28 heavy (non-hydrogen) atoms. The van der Waals surface area contributed by atoms with Gasteiger partial charge in [0, 0.05) is 28.1 Å². The number of hydrogen-bond donors (Lipinski definition) is 2. The SMILES string of the molecule is CC(=O)Nc1cc(C2=CC(c3cc(Cl)cc(Cl)c3)(C(F)(F)F)ON2)ccc1Cl. The fraction of sp³-hybridized carbons (Fsp3) is 0.167. The number of rotatable bonds is 3. The predicted octanol–water partition coefficient (Wildman–Crippen LogP) is 5.94. The molecule has 0 aromatic heterocycles. The molecule has 1 amide bonds. The van der Waals surface area contributed by atoms with Gasteiger partial charge < -0.3 is 5.32 Å². The number of nitrogens with one attached hydrogen (secondary N) is 2. The maximum atomic E-state index is 14.0. The zero-order valence-electron chi connectivity index (χ0n) is 14.1. The molecular formula is C18H12Cl3F3N2O2. The molecule has 0 aliphatic carbocycles. The first-order valence-corrected chi connectivity index (χ1v) is 8.93. The average molecular weight is 452 g/mol. The number of benzene rings is 2. The summed E-state index contributed by atoms with van der Waals surface area (Å²) in [6, 6.07) is 7.97. The zero-order chi connectivity index (χ0) is 20.7. The van der Waals surface area contributed by atoms with Gasteiger partial charge in [-0.1, -0.05) is 40.9 Å². The van der Waals surface area contributed by atoms with Crippen molar-refractivity contribution in [1.29, 1.82) is 0 Å². The molecule has 1 aliphatic heterocycles. The van der Waals surface area contributed by atoms with E-state index in [1.165, 1.54) is 31.2 Å². The highest BCUT2D eigenvalue weighted by atomic mass is 35.5. The molecule has 1 aliphatic rings. The van der Waals surface area contributed by atoms with Gasteiger partial charge in [-0.2, -0.15) is 13.2 Å². The summed E-state index contributed by atoms with van der Waals surface area (Å²) in [4.78, 5) is 16.3. The minimum absolute atomic E-state index is 0.0380. The monoisotopic (exact) mass is 450 g/mol. The lowest BCUT2D eigenvalue weighted by Gasteiger charge is -2.28. The molecule has 0 radical (unpaired) electrons. The molecule has 1 unspecified atom stereocenters. The number of amides is 1. The molecule has 0 spiro atoms. The Morgan fingerprint density at radius 2 is 1.75 bits per heavy atom. The van der Waals surface area contributed by atoms with Gasteiger partial charge in [-0.3, -0.25) is 15.1 Å². The van der Waals surface area contributed by atoms with Crippen LogP contribution in [0.1, 0.15) is 18.1 Å². The fourth-order valence-electron chi connectivity index (χ4n) is 2.73. The van der Waals surface area contributed by atoms with E-state index >= 15 is 0 Å². The third-order valence-electron chi connectivity index (χ3n) is 3.97. The van der Waals surface area contributed by atoms with E-state index in [1.54, 1.807) is 0 Å². The van der Waals surface area contributed by atoms with Crippen LogP contribution < -0.4 is 10.8 Å². The summed E-state index contributed by atoms with van der Waals surface area (Å²) in [6.45, 7) is 1.29. The van der Waals surface area contributed by atoms with Crippen LogP contribution in [0.3, 0.4) is 0 Å². The fourth-order valence-corrected chi connectivity index (χ4v) is 3.42. The minimum Gasteiger partial charge on any atom is -0.325 e. The van der Waals surface area contributed by atoms with Crippen molar-refractivity contribution in [3.63, 3.8) is 0 Å². The van der Waals surface area contributed by atoms with E-state index in [2.05, 4.69) is 10.8 Å². The van der Waals surface area contributed by atoms with Gasteiger partial charge >= 0.3 is 6.18 Å². The third kappa shape index (κ3) is 3.93. The molecule has 148 valence electrons. The van der Waals surface area contributed by atoms with Gasteiger partial charge in [0.1, 0.15) is 0 Å². The van der Waals surface area contributed by atoms with E-state index in [-0.39, 0.29) is 37.9 Å². The van der Waals surface area contributed by atoms with Crippen LogP contribution in [0.2, 0.25) is 15.1 Å². The van der Waals surface area contributed by atoms with Crippen molar-refractivity contribution < 1.29 is 22.8 Å². The topological polar surface area (TPSA) is 50.4 Å². The second-order valence-corrected chi connectivity index (χ2v) is 7.31. The standard InChI is InChI=1S/C18H12Cl3F3N2O2/c1-9(27)25-15-4-10(2-3-14(15)21)16-8-17(28-26-16,18(22,23)24)11-5-12(19)7-13(20)6-11/h2-8,26H,1H3,(H,25,27). The quantitative estimate of drug-likeness (QED) is 0.607. The van der Waals surface area contributed by atoms with Crippen LogP contribution in [0.15, 0.2) is 42.5 Å². The molecular weight excluding hydrogens is 440 g/mol. The van der Waals surface area contributed by atoms with Crippen LogP contribution in [0.5, 0.6) is 0 Å². The van der Waals surface area contributed by atoms with Gasteiger partial charge in [0.05, 0.1) is 16.4 Å². The predicted molar refractivity (Wildman–Crippen MR) is 102 cm³/mol. The normalized spacial score (nSPS) is 19.2.